The molecule has 1 radical (unpaired) electrons. The number of hydrogen-bond acceptors (Lipinski definition) is 2. The Balaban J connectivity index is 0.000000211. The predicted octanol–water partition coefficient (Wildman–Crippen LogP) is 10.2. The van der Waals surface area contributed by atoms with Crippen molar-refractivity contribution in [3.05, 3.63) is 164 Å². The fraction of sp³-hybridized carbons (Fsp3) is 0.0244. The Kier molecular flexibility index (Phi) is 7.69. The van der Waals surface area contributed by atoms with E-state index in [1.165, 1.54) is 54.8 Å². The summed E-state index contributed by atoms with van der Waals surface area (Å²) in [5, 5.41) is 5.13. The van der Waals surface area contributed by atoms with Crippen LogP contribution in [0.4, 0.5) is 0 Å². The van der Waals surface area contributed by atoms with Crippen LogP contribution in [0.2, 0.25) is 0 Å². The van der Waals surface area contributed by atoms with Crippen LogP contribution < -0.4 is 0 Å². The van der Waals surface area contributed by atoms with Gasteiger partial charge in [-0.05, 0) is 52.5 Å². The summed E-state index contributed by atoms with van der Waals surface area (Å²) in [5.41, 5.74) is 11.3. The molecule has 0 amide bonds. The van der Waals surface area contributed by atoms with Gasteiger partial charge in [-0.25, -0.2) is 0 Å². The first-order chi connectivity index (χ1) is 21.8. The number of fused-ring (bicyclic) bond motifs is 6. The number of nitrogens with zero attached hydrogens (tertiary/aromatic N) is 3. The zero-order valence-electron chi connectivity index (χ0n) is 24.5. The molecular weight excluding hydrogens is 727 g/mol. The van der Waals surface area contributed by atoms with Gasteiger partial charge in [-0.15, -0.1) is 59.7 Å². The molecule has 45 heavy (non-hydrogen) atoms. The molecule has 9 rings (SSSR count). The van der Waals surface area contributed by atoms with Gasteiger partial charge in [0.25, 0.3) is 0 Å². The summed E-state index contributed by atoms with van der Waals surface area (Å²) in [7, 11) is 0. The van der Waals surface area contributed by atoms with Crippen molar-refractivity contribution in [3.8, 4) is 33.6 Å². The van der Waals surface area contributed by atoms with Gasteiger partial charge < -0.3 is 14.4 Å². The van der Waals surface area contributed by atoms with E-state index < -0.39 is 0 Å². The third-order valence-corrected chi connectivity index (χ3v) is 8.28. The van der Waals surface area contributed by atoms with Crippen LogP contribution in [0, 0.1) is 19.1 Å². The van der Waals surface area contributed by atoms with Crippen molar-refractivity contribution in [3.63, 3.8) is 0 Å². The van der Waals surface area contributed by atoms with Gasteiger partial charge in [-0.3, -0.25) is 0 Å². The number of aromatic nitrogens is 3. The molecular formula is C41H27IrN3-2. The number of benzene rings is 5. The molecule has 0 atom stereocenters. The molecule has 0 unspecified atom stereocenters. The summed E-state index contributed by atoms with van der Waals surface area (Å²) in [6.45, 7) is 2.15. The summed E-state index contributed by atoms with van der Waals surface area (Å²) in [6.07, 6.45) is 3.77. The van der Waals surface area contributed by atoms with Crippen LogP contribution in [0.1, 0.15) is 5.56 Å². The average molecular weight is 754 g/mol. The predicted molar refractivity (Wildman–Crippen MR) is 182 cm³/mol. The Morgan fingerprint density at radius 1 is 0.578 bits per heavy atom. The van der Waals surface area contributed by atoms with E-state index in [1.807, 2.05) is 54.7 Å². The second kappa shape index (κ2) is 12.1. The molecule has 9 aromatic rings. The molecule has 0 N–H and O–H groups in total. The summed E-state index contributed by atoms with van der Waals surface area (Å²) in [4.78, 5) is 9.03. The van der Waals surface area contributed by atoms with Gasteiger partial charge in [0.1, 0.15) is 0 Å². The topological polar surface area (TPSA) is 30.2 Å². The van der Waals surface area contributed by atoms with E-state index in [4.69, 9.17) is 4.98 Å². The van der Waals surface area contributed by atoms with Gasteiger partial charge in [0.15, 0.2) is 0 Å². The molecule has 217 valence electrons. The van der Waals surface area contributed by atoms with Crippen LogP contribution in [-0.4, -0.2) is 14.4 Å². The molecule has 0 saturated carbocycles. The SMILES string of the molecule is Cc1cc(-c2[c-]cc3c(c2)c2cccc4c5ccccc5n3c24)ncc1-c1ccccc1.[Ir].[c-]1ccccc1-c1ccccn1. The second-order valence-electron chi connectivity index (χ2n) is 10.9. The first-order valence-electron chi connectivity index (χ1n) is 14.8. The van der Waals surface area contributed by atoms with Crippen molar-refractivity contribution < 1.29 is 20.1 Å². The molecule has 0 bridgehead atoms. The molecule has 0 spiro atoms. The Labute approximate surface area is 275 Å². The quantitative estimate of drug-likeness (QED) is 0.168. The first kappa shape index (κ1) is 28.6. The van der Waals surface area contributed by atoms with E-state index >= 15 is 0 Å². The minimum Gasteiger partial charge on any atom is -0.350 e. The van der Waals surface area contributed by atoms with Gasteiger partial charge in [0, 0.05) is 54.4 Å². The summed E-state index contributed by atoms with van der Waals surface area (Å²) in [6, 6.07) is 52.6. The summed E-state index contributed by atoms with van der Waals surface area (Å²) in [5.74, 6) is 0. The van der Waals surface area contributed by atoms with E-state index in [-0.39, 0.29) is 20.1 Å². The third kappa shape index (κ3) is 5.09. The molecule has 0 aliphatic rings. The zero-order chi connectivity index (χ0) is 29.5. The third-order valence-electron chi connectivity index (χ3n) is 8.28. The Morgan fingerprint density at radius 3 is 2.11 bits per heavy atom. The Bertz CT molecular complexity index is 2340. The van der Waals surface area contributed by atoms with Gasteiger partial charge in [-0.2, -0.15) is 0 Å². The number of pyridine rings is 2. The molecule has 5 aromatic carbocycles. The standard InChI is InChI=1S/C30H19N2.C11H8N.Ir/c1-19-16-27(31-18-26(19)20-8-3-2-4-9-20)21-14-15-29-25(17-21)24-12-7-11-23-22-10-5-6-13-28(22)32(29)30(23)24;1-2-6-10(7-3-1)11-8-4-5-9-12-11;/h2-13,15-18H,1H3;1-6,8-9H;/q2*-1;. The number of hydrogen-bond donors (Lipinski definition) is 0. The van der Waals surface area contributed by atoms with Gasteiger partial charge in [0.05, 0.1) is 5.52 Å². The van der Waals surface area contributed by atoms with Crippen LogP contribution in [0.3, 0.4) is 0 Å². The van der Waals surface area contributed by atoms with Crippen molar-refractivity contribution in [2.75, 3.05) is 0 Å². The van der Waals surface area contributed by atoms with Crippen LogP contribution >= 0.6 is 0 Å². The fourth-order valence-corrected chi connectivity index (χ4v) is 6.22. The maximum Gasteiger partial charge on any atom is 0.0516 e. The largest absolute Gasteiger partial charge is 0.350 e. The maximum atomic E-state index is 4.81. The van der Waals surface area contributed by atoms with E-state index in [2.05, 4.69) is 113 Å². The minimum absolute atomic E-state index is 0. The Hall–Kier alpha value is -5.15. The first-order valence-corrected chi connectivity index (χ1v) is 14.8. The fourth-order valence-electron chi connectivity index (χ4n) is 6.22. The molecule has 4 heterocycles. The molecule has 0 saturated heterocycles. The van der Waals surface area contributed by atoms with Crippen molar-refractivity contribution in [2.45, 2.75) is 6.92 Å². The van der Waals surface area contributed by atoms with Crippen molar-refractivity contribution in [1.29, 1.82) is 0 Å². The number of aryl methyl sites for hydroxylation is 1. The van der Waals surface area contributed by atoms with Crippen molar-refractivity contribution in [1.82, 2.24) is 14.4 Å². The molecule has 0 aliphatic heterocycles. The van der Waals surface area contributed by atoms with E-state index in [1.54, 1.807) is 6.20 Å². The van der Waals surface area contributed by atoms with E-state index in [9.17, 15) is 0 Å². The van der Waals surface area contributed by atoms with Crippen LogP contribution in [0.15, 0.2) is 146 Å². The van der Waals surface area contributed by atoms with Gasteiger partial charge in [0.2, 0.25) is 0 Å². The molecule has 4 heteroatoms. The van der Waals surface area contributed by atoms with E-state index in [0.29, 0.717) is 0 Å². The smallest absolute Gasteiger partial charge is 0.0516 e. The van der Waals surface area contributed by atoms with Crippen molar-refractivity contribution >= 4 is 38.1 Å². The van der Waals surface area contributed by atoms with Gasteiger partial charge >= 0.3 is 0 Å². The van der Waals surface area contributed by atoms with Crippen LogP contribution in [0.25, 0.3) is 71.7 Å². The number of para-hydroxylation sites is 2. The average Bonchev–Trinajstić information content (AvgIpc) is 3.62. The summed E-state index contributed by atoms with van der Waals surface area (Å²) >= 11 is 0. The van der Waals surface area contributed by atoms with Crippen LogP contribution in [0.5, 0.6) is 0 Å². The van der Waals surface area contributed by atoms with Crippen LogP contribution in [-0.2, 0) is 20.1 Å². The molecule has 0 aliphatic carbocycles. The van der Waals surface area contributed by atoms with Crippen molar-refractivity contribution in [2.24, 2.45) is 0 Å². The second-order valence-corrected chi connectivity index (χ2v) is 10.9. The zero-order valence-corrected chi connectivity index (χ0v) is 26.9. The molecule has 0 fully saturated rings. The molecule has 3 nitrogen and oxygen atoms in total. The van der Waals surface area contributed by atoms with Gasteiger partial charge in [-0.1, -0.05) is 90.3 Å². The van der Waals surface area contributed by atoms with E-state index in [0.717, 1.165) is 22.5 Å². The minimum atomic E-state index is 0. The number of rotatable bonds is 3. The maximum absolute atomic E-state index is 4.81. The Morgan fingerprint density at radius 2 is 1.33 bits per heavy atom. The normalized spacial score (nSPS) is 11.0. The molecule has 4 aromatic heterocycles. The summed E-state index contributed by atoms with van der Waals surface area (Å²) < 4.78 is 2.38. The monoisotopic (exact) mass is 754 g/mol.